The average molecular weight is 229 g/mol. The van der Waals surface area contributed by atoms with Gasteiger partial charge in [-0.1, -0.05) is 36.3 Å². The molecule has 17 heavy (non-hydrogen) atoms. The van der Waals surface area contributed by atoms with Crippen molar-refractivity contribution in [1.82, 2.24) is 4.90 Å². The van der Waals surface area contributed by atoms with Crippen molar-refractivity contribution in [3.8, 4) is 12.0 Å². The predicted molar refractivity (Wildman–Crippen MR) is 65.2 cm³/mol. The van der Waals surface area contributed by atoms with Gasteiger partial charge in [0.1, 0.15) is 6.61 Å². The van der Waals surface area contributed by atoms with Crippen LogP contribution in [0.25, 0.3) is 0 Å². The quantitative estimate of drug-likeness (QED) is 0.588. The summed E-state index contributed by atoms with van der Waals surface area (Å²) in [6.45, 7) is 1.04. The molecule has 1 amide bonds. The fourth-order valence-corrected chi connectivity index (χ4v) is 1.67. The normalized spacial score (nSPS) is 14.1. The summed E-state index contributed by atoms with van der Waals surface area (Å²) in [5.41, 5.74) is 1.33. The first kappa shape index (κ1) is 11.5. The number of aryl methyl sites for hydroxylation is 1. The second-order valence-electron chi connectivity index (χ2n) is 3.89. The minimum absolute atomic E-state index is 0.319. The summed E-state index contributed by atoms with van der Waals surface area (Å²) in [6.07, 6.45) is 2.53. The minimum atomic E-state index is -0.319. The maximum atomic E-state index is 11.1. The van der Waals surface area contributed by atoms with E-state index in [-0.39, 0.29) is 6.09 Å². The number of rotatable bonds is 3. The molecule has 0 saturated carbocycles. The average Bonchev–Trinajstić information content (AvgIpc) is 2.76. The molecule has 0 bridgehead atoms. The van der Waals surface area contributed by atoms with E-state index in [0.717, 1.165) is 19.3 Å². The highest BCUT2D eigenvalue weighted by molar-refractivity contribution is 5.71. The second kappa shape index (κ2) is 5.95. The predicted octanol–water partition coefficient (Wildman–Crippen LogP) is 2.42. The Labute approximate surface area is 101 Å². The van der Waals surface area contributed by atoms with Gasteiger partial charge in [0.05, 0.1) is 6.54 Å². The van der Waals surface area contributed by atoms with Crippen molar-refractivity contribution in [3.05, 3.63) is 35.9 Å². The lowest BCUT2D eigenvalue weighted by Gasteiger charge is -2.00. The Bertz CT molecular complexity index is 431. The third-order valence-corrected chi connectivity index (χ3v) is 2.58. The molecule has 0 aliphatic carbocycles. The Balaban J connectivity index is 1.70. The Kier molecular flexibility index (Phi) is 4.04. The smallest absolute Gasteiger partial charge is 0.421 e. The van der Waals surface area contributed by atoms with Gasteiger partial charge < -0.3 is 4.74 Å². The first-order valence-corrected chi connectivity index (χ1v) is 5.83. The number of benzene rings is 1. The van der Waals surface area contributed by atoms with Crippen LogP contribution in [-0.2, 0) is 11.2 Å². The van der Waals surface area contributed by atoms with E-state index in [1.807, 2.05) is 18.2 Å². The molecule has 0 atom stereocenters. The molecule has 1 aliphatic heterocycles. The van der Waals surface area contributed by atoms with Gasteiger partial charge in [0, 0.05) is 12.5 Å². The molecule has 1 aliphatic rings. The van der Waals surface area contributed by atoms with E-state index in [0.29, 0.717) is 13.2 Å². The molecule has 0 radical (unpaired) electrons. The molecule has 3 nitrogen and oxygen atoms in total. The first-order valence-electron chi connectivity index (χ1n) is 5.83. The van der Waals surface area contributed by atoms with Crippen LogP contribution in [0.4, 0.5) is 4.79 Å². The van der Waals surface area contributed by atoms with Crippen LogP contribution in [0.15, 0.2) is 30.3 Å². The molecule has 0 N–H and O–H groups in total. The standard InChI is InChI=1S/C14H15NO2/c16-14-15(11-12-17-14)10-6-2-5-9-13-7-3-1-4-8-13/h1,3-4,7-8H,2,5,9,11-12H2. The second-order valence-corrected chi connectivity index (χ2v) is 3.89. The zero-order valence-corrected chi connectivity index (χ0v) is 9.69. The SMILES string of the molecule is O=C1OCCN1C#CCCCc1ccccc1. The van der Waals surface area contributed by atoms with Crippen LogP contribution in [0.2, 0.25) is 0 Å². The number of carbonyl (C=O) groups excluding carboxylic acids is 1. The lowest BCUT2D eigenvalue weighted by Crippen LogP contribution is -2.17. The summed E-state index contributed by atoms with van der Waals surface area (Å²) in [4.78, 5) is 12.5. The number of cyclic esters (lactones) is 1. The van der Waals surface area contributed by atoms with Gasteiger partial charge in [-0.05, 0) is 18.4 Å². The van der Waals surface area contributed by atoms with Crippen molar-refractivity contribution < 1.29 is 9.53 Å². The number of unbranched alkanes of at least 4 members (excludes halogenated alkanes) is 1. The van der Waals surface area contributed by atoms with Crippen LogP contribution in [0.1, 0.15) is 18.4 Å². The number of nitrogens with zero attached hydrogens (tertiary/aromatic N) is 1. The van der Waals surface area contributed by atoms with Gasteiger partial charge in [-0.25, -0.2) is 9.69 Å². The molecule has 1 fully saturated rings. The summed E-state index contributed by atoms with van der Waals surface area (Å²) >= 11 is 0. The molecular formula is C14H15NO2. The summed E-state index contributed by atoms with van der Waals surface area (Å²) in [5, 5.41) is 0. The van der Waals surface area contributed by atoms with E-state index in [4.69, 9.17) is 4.74 Å². The number of hydrogen-bond donors (Lipinski definition) is 0. The molecule has 3 heteroatoms. The van der Waals surface area contributed by atoms with Gasteiger partial charge >= 0.3 is 6.09 Å². The summed E-state index contributed by atoms with van der Waals surface area (Å²) < 4.78 is 4.78. The lowest BCUT2D eigenvalue weighted by molar-refractivity contribution is 0.167. The third-order valence-electron chi connectivity index (χ3n) is 2.58. The molecule has 1 aromatic carbocycles. The monoisotopic (exact) mass is 229 g/mol. The topological polar surface area (TPSA) is 29.5 Å². The van der Waals surface area contributed by atoms with Crippen LogP contribution in [0, 0.1) is 12.0 Å². The van der Waals surface area contributed by atoms with Crippen LogP contribution in [-0.4, -0.2) is 24.1 Å². The number of ether oxygens (including phenoxy) is 1. The molecule has 0 aromatic heterocycles. The third kappa shape index (κ3) is 3.53. The molecule has 1 saturated heterocycles. The lowest BCUT2D eigenvalue weighted by atomic mass is 10.1. The van der Waals surface area contributed by atoms with Crippen molar-refractivity contribution in [1.29, 1.82) is 0 Å². The van der Waals surface area contributed by atoms with Gasteiger partial charge in [0.15, 0.2) is 0 Å². The highest BCUT2D eigenvalue weighted by atomic mass is 16.6. The molecule has 1 aromatic rings. The first-order chi connectivity index (χ1) is 8.36. The van der Waals surface area contributed by atoms with Crippen molar-refractivity contribution >= 4 is 6.09 Å². The van der Waals surface area contributed by atoms with Crippen molar-refractivity contribution in [3.63, 3.8) is 0 Å². The Morgan fingerprint density at radius 1 is 1.29 bits per heavy atom. The number of hydrogen-bond acceptors (Lipinski definition) is 2. The van der Waals surface area contributed by atoms with Gasteiger partial charge in [-0.3, -0.25) is 0 Å². The van der Waals surface area contributed by atoms with Gasteiger partial charge in [-0.15, -0.1) is 0 Å². The van der Waals surface area contributed by atoms with Gasteiger partial charge in [0.2, 0.25) is 0 Å². The van der Waals surface area contributed by atoms with E-state index in [1.165, 1.54) is 10.5 Å². The van der Waals surface area contributed by atoms with E-state index < -0.39 is 0 Å². The van der Waals surface area contributed by atoms with Gasteiger partial charge in [0.25, 0.3) is 0 Å². The zero-order chi connectivity index (χ0) is 11.9. The minimum Gasteiger partial charge on any atom is -0.447 e. The van der Waals surface area contributed by atoms with E-state index >= 15 is 0 Å². The Morgan fingerprint density at radius 2 is 2.12 bits per heavy atom. The van der Waals surface area contributed by atoms with Crippen LogP contribution in [0.5, 0.6) is 0 Å². The highest BCUT2D eigenvalue weighted by Gasteiger charge is 2.19. The van der Waals surface area contributed by atoms with Gasteiger partial charge in [-0.2, -0.15) is 0 Å². The fourth-order valence-electron chi connectivity index (χ4n) is 1.67. The maximum Gasteiger partial charge on any atom is 0.421 e. The van der Waals surface area contributed by atoms with E-state index in [9.17, 15) is 4.79 Å². The fraction of sp³-hybridized carbons (Fsp3) is 0.357. The van der Waals surface area contributed by atoms with Crippen molar-refractivity contribution in [2.45, 2.75) is 19.3 Å². The van der Waals surface area contributed by atoms with Crippen molar-refractivity contribution in [2.24, 2.45) is 0 Å². The molecule has 88 valence electrons. The molecule has 0 spiro atoms. The van der Waals surface area contributed by atoms with E-state index in [1.54, 1.807) is 0 Å². The summed E-state index contributed by atoms with van der Waals surface area (Å²) in [6, 6.07) is 13.2. The van der Waals surface area contributed by atoms with Crippen LogP contribution in [0.3, 0.4) is 0 Å². The van der Waals surface area contributed by atoms with Crippen molar-refractivity contribution in [2.75, 3.05) is 13.2 Å². The zero-order valence-electron chi connectivity index (χ0n) is 9.69. The number of amides is 1. The Hall–Kier alpha value is -1.95. The van der Waals surface area contributed by atoms with E-state index in [2.05, 4.69) is 24.1 Å². The molecule has 1 heterocycles. The molecular weight excluding hydrogens is 214 g/mol. The summed E-state index contributed by atoms with van der Waals surface area (Å²) in [7, 11) is 0. The maximum absolute atomic E-state index is 11.1. The largest absolute Gasteiger partial charge is 0.447 e. The van der Waals surface area contributed by atoms with Crippen LogP contribution >= 0.6 is 0 Å². The molecule has 0 unspecified atom stereocenters. The summed E-state index contributed by atoms with van der Waals surface area (Å²) in [5.74, 6) is 3.00. The Morgan fingerprint density at radius 3 is 2.82 bits per heavy atom. The molecule has 2 rings (SSSR count). The number of carbonyl (C=O) groups is 1. The van der Waals surface area contributed by atoms with Crippen LogP contribution < -0.4 is 0 Å². The highest BCUT2D eigenvalue weighted by Crippen LogP contribution is 2.04.